The van der Waals surface area contributed by atoms with Crippen LogP contribution in [0.5, 0.6) is 0 Å². The van der Waals surface area contributed by atoms with Crippen molar-refractivity contribution in [3.05, 3.63) is 10.2 Å². The van der Waals surface area contributed by atoms with Gasteiger partial charge in [-0.2, -0.15) is 4.98 Å². The van der Waals surface area contributed by atoms with Gasteiger partial charge in [0, 0.05) is 19.6 Å². The Labute approximate surface area is 117 Å². The Bertz CT molecular complexity index is 375. The van der Waals surface area contributed by atoms with Gasteiger partial charge in [-0.25, -0.2) is 4.98 Å². The van der Waals surface area contributed by atoms with E-state index in [-0.39, 0.29) is 0 Å². The first-order chi connectivity index (χ1) is 8.76. The summed E-state index contributed by atoms with van der Waals surface area (Å²) < 4.78 is 1.02. The molecule has 0 radical (unpaired) electrons. The van der Waals surface area contributed by atoms with Gasteiger partial charge in [-0.3, -0.25) is 0 Å². The average Bonchev–Trinajstić information content (AvgIpc) is 2.88. The van der Waals surface area contributed by atoms with Crippen molar-refractivity contribution < 1.29 is 0 Å². The standard InChI is InChI=1S/C13H21BrN4/c1-3-7-10-11(14)12(15-4-2)17-13(16-10)18-8-5-6-9-18/h3-9H2,1-2H3,(H,15,16,17). The monoisotopic (exact) mass is 312 g/mol. The molecule has 2 rings (SSSR count). The van der Waals surface area contributed by atoms with E-state index < -0.39 is 0 Å². The highest BCUT2D eigenvalue weighted by atomic mass is 79.9. The van der Waals surface area contributed by atoms with Crippen molar-refractivity contribution in [1.82, 2.24) is 9.97 Å². The molecule has 18 heavy (non-hydrogen) atoms. The summed E-state index contributed by atoms with van der Waals surface area (Å²) in [4.78, 5) is 11.6. The highest BCUT2D eigenvalue weighted by Gasteiger charge is 2.18. The smallest absolute Gasteiger partial charge is 0.227 e. The number of nitrogens with one attached hydrogen (secondary N) is 1. The van der Waals surface area contributed by atoms with E-state index in [0.29, 0.717) is 0 Å². The minimum Gasteiger partial charge on any atom is -0.369 e. The van der Waals surface area contributed by atoms with Gasteiger partial charge in [0.15, 0.2) is 0 Å². The minimum atomic E-state index is 0.876. The summed E-state index contributed by atoms with van der Waals surface area (Å²) in [5.74, 6) is 1.81. The van der Waals surface area contributed by atoms with Crippen molar-refractivity contribution in [2.45, 2.75) is 39.5 Å². The van der Waals surface area contributed by atoms with Crippen LogP contribution in [0.3, 0.4) is 0 Å². The normalized spacial score (nSPS) is 15.2. The molecular formula is C13H21BrN4. The molecule has 1 fully saturated rings. The van der Waals surface area contributed by atoms with Crippen LogP contribution in [0.1, 0.15) is 38.8 Å². The number of hydrogen-bond acceptors (Lipinski definition) is 4. The maximum Gasteiger partial charge on any atom is 0.227 e. The molecule has 1 saturated heterocycles. The fraction of sp³-hybridized carbons (Fsp3) is 0.692. The fourth-order valence-corrected chi connectivity index (χ4v) is 2.74. The third-order valence-electron chi connectivity index (χ3n) is 3.13. The predicted molar refractivity (Wildman–Crippen MR) is 79.3 cm³/mol. The Kier molecular flexibility index (Phi) is 4.80. The van der Waals surface area contributed by atoms with E-state index in [2.05, 4.69) is 45.0 Å². The van der Waals surface area contributed by atoms with E-state index in [0.717, 1.165) is 54.4 Å². The van der Waals surface area contributed by atoms with Gasteiger partial charge in [-0.1, -0.05) is 13.3 Å². The zero-order chi connectivity index (χ0) is 13.0. The van der Waals surface area contributed by atoms with Crippen LogP contribution in [-0.4, -0.2) is 29.6 Å². The second-order valence-corrected chi connectivity index (χ2v) is 5.40. The summed E-state index contributed by atoms with van der Waals surface area (Å²) in [6.07, 6.45) is 4.58. The Morgan fingerprint density at radius 3 is 2.56 bits per heavy atom. The van der Waals surface area contributed by atoms with Crippen LogP contribution in [0.15, 0.2) is 4.47 Å². The number of rotatable bonds is 5. The van der Waals surface area contributed by atoms with Crippen molar-refractivity contribution in [3.8, 4) is 0 Å². The van der Waals surface area contributed by atoms with E-state index in [9.17, 15) is 0 Å². The van der Waals surface area contributed by atoms with Crippen LogP contribution in [0, 0.1) is 0 Å². The summed E-state index contributed by atoms with van der Waals surface area (Å²) in [6.45, 7) is 7.30. The largest absolute Gasteiger partial charge is 0.369 e. The van der Waals surface area contributed by atoms with Crippen LogP contribution >= 0.6 is 15.9 Å². The molecule has 0 bridgehead atoms. The topological polar surface area (TPSA) is 41.1 Å². The van der Waals surface area contributed by atoms with Gasteiger partial charge in [0.05, 0.1) is 10.2 Å². The first-order valence-corrected chi connectivity index (χ1v) is 7.60. The summed E-state index contributed by atoms with van der Waals surface area (Å²) in [5, 5.41) is 3.31. The molecule has 100 valence electrons. The van der Waals surface area contributed by atoms with Crippen LogP contribution in [0.2, 0.25) is 0 Å². The summed E-state index contributed by atoms with van der Waals surface area (Å²) in [6, 6.07) is 0. The molecule has 4 nitrogen and oxygen atoms in total. The quantitative estimate of drug-likeness (QED) is 0.906. The van der Waals surface area contributed by atoms with Crippen molar-refractivity contribution >= 4 is 27.7 Å². The lowest BCUT2D eigenvalue weighted by Crippen LogP contribution is -2.22. The Morgan fingerprint density at radius 2 is 1.94 bits per heavy atom. The van der Waals surface area contributed by atoms with E-state index in [4.69, 9.17) is 4.98 Å². The van der Waals surface area contributed by atoms with Crippen molar-refractivity contribution in [2.24, 2.45) is 0 Å². The van der Waals surface area contributed by atoms with Gasteiger partial charge in [0.2, 0.25) is 5.95 Å². The lowest BCUT2D eigenvalue weighted by atomic mass is 10.2. The molecule has 1 aliphatic heterocycles. The maximum absolute atomic E-state index is 4.71. The second-order valence-electron chi connectivity index (χ2n) is 4.61. The predicted octanol–water partition coefficient (Wildman–Crippen LogP) is 3.22. The molecule has 1 aromatic rings. The molecular weight excluding hydrogens is 292 g/mol. The van der Waals surface area contributed by atoms with Crippen molar-refractivity contribution in [2.75, 3.05) is 29.9 Å². The van der Waals surface area contributed by atoms with Crippen LogP contribution in [0.4, 0.5) is 11.8 Å². The number of aromatic nitrogens is 2. The van der Waals surface area contributed by atoms with Crippen molar-refractivity contribution in [1.29, 1.82) is 0 Å². The number of nitrogens with zero attached hydrogens (tertiary/aromatic N) is 3. The van der Waals surface area contributed by atoms with Crippen LogP contribution in [-0.2, 0) is 6.42 Å². The van der Waals surface area contributed by atoms with Crippen molar-refractivity contribution in [3.63, 3.8) is 0 Å². The zero-order valence-corrected chi connectivity index (χ0v) is 12.8. The number of aryl methyl sites for hydroxylation is 1. The lowest BCUT2D eigenvalue weighted by Gasteiger charge is -2.18. The maximum atomic E-state index is 4.71. The molecule has 1 N–H and O–H groups in total. The molecule has 0 atom stereocenters. The minimum absolute atomic E-state index is 0.876. The molecule has 0 saturated carbocycles. The fourth-order valence-electron chi connectivity index (χ4n) is 2.23. The van der Waals surface area contributed by atoms with Gasteiger partial charge < -0.3 is 10.2 Å². The van der Waals surface area contributed by atoms with E-state index >= 15 is 0 Å². The molecule has 0 aromatic carbocycles. The molecule has 0 aliphatic carbocycles. The summed E-state index contributed by atoms with van der Waals surface area (Å²) in [7, 11) is 0. The molecule has 0 spiro atoms. The molecule has 2 heterocycles. The Morgan fingerprint density at radius 1 is 1.22 bits per heavy atom. The highest BCUT2D eigenvalue weighted by molar-refractivity contribution is 9.10. The van der Waals surface area contributed by atoms with Gasteiger partial charge >= 0.3 is 0 Å². The Balaban J connectivity index is 2.33. The van der Waals surface area contributed by atoms with Crippen LogP contribution in [0.25, 0.3) is 0 Å². The summed E-state index contributed by atoms with van der Waals surface area (Å²) >= 11 is 3.62. The highest BCUT2D eigenvalue weighted by Crippen LogP contribution is 2.28. The van der Waals surface area contributed by atoms with Gasteiger partial charge in [-0.05, 0) is 42.1 Å². The van der Waals surface area contributed by atoms with E-state index in [1.54, 1.807) is 0 Å². The molecule has 1 aliphatic rings. The van der Waals surface area contributed by atoms with Gasteiger partial charge in [0.1, 0.15) is 5.82 Å². The molecule has 0 amide bonds. The van der Waals surface area contributed by atoms with Gasteiger partial charge in [-0.15, -0.1) is 0 Å². The first kappa shape index (κ1) is 13.6. The third-order valence-corrected chi connectivity index (χ3v) is 3.96. The molecule has 0 unspecified atom stereocenters. The average molecular weight is 313 g/mol. The van der Waals surface area contributed by atoms with E-state index in [1.165, 1.54) is 12.8 Å². The second kappa shape index (κ2) is 6.36. The molecule has 5 heteroatoms. The van der Waals surface area contributed by atoms with Crippen LogP contribution < -0.4 is 10.2 Å². The molecule has 1 aromatic heterocycles. The summed E-state index contributed by atoms with van der Waals surface area (Å²) in [5.41, 5.74) is 1.12. The number of halogens is 1. The SMILES string of the molecule is CCCc1nc(N2CCCC2)nc(NCC)c1Br. The number of hydrogen-bond donors (Lipinski definition) is 1. The zero-order valence-electron chi connectivity index (χ0n) is 11.2. The number of anilines is 2. The van der Waals surface area contributed by atoms with Gasteiger partial charge in [0.25, 0.3) is 0 Å². The lowest BCUT2D eigenvalue weighted by molar-refractivity contribution is 0.832. The Hall–Kier alpha value is -0.840. The third kappa shape index (κ3) is 2.94. The van der Waals surface area contributed by atoms with E-state index in [1.807, 2.05) is 0 Å². The first-order valence-electron chi connectivity index (χ1n) is 6.81.